The predicted molar refractivity (Wildman–Crippen MR) is 113 cm³/mol. The minimum absolute atomic E-state index is 0.0104. The van der Waals surface area contributed by atoms with Gasteiger partial charge in [-0.25, -0.2) is 17.9 Å². The van der Waals surface area contributed by atoms with Crippen molar-refractivity contribution >= 4 is 47.8 Å². The van der Waals surface area contributed by atoms with Crippen molar-refractivity contribution in [2.45, 2.75) is 38.5 Å². The van der Waals surface area contributed by atoms with Crippen LogP contribution in [0.3, 0.4) is 0 Å². The van der Waals surface area contributed by atoms with E-state index in [4.69, 9.17) is 18.3 Å². The lowest BCUT2D eigenvalue weighted by molar-refractivity contribution is -0.198. The van der Waals surface area contributed by atoms with Gasteiger partial charge in [0, 0.05) is 38.5 Å². The van der Waals surface area contributed by atoms with Crippen LogP contribution in [-0.4, -0.2) is 94.4 Å². The van der Waals surface area contributed by atoms with Crippen LogP contribution in [0.1, 0.15) is 38.5 Å². The van der Waals surface area contributed by atoms with Gasteiger partial charge in [0.15, 0.2) is 6.61 Å². The number of amides is 6. The third-order valence-corrected chi connectivity index (χ3v) is 4.15. The zero-order chi connectivity index (χ0) is 28.7. The van der Waals surface area contributed by atoms with E-state index in [0.29, 0.717) is 5.06 Å². The summed E-state index contributed by atoms with van der Waals surface area (Å²) in [4.78, 5) is 107. The van der Waals surface area contributed by atoms with Gasteiger partial charge in [0.25, 0.3) is 35.4 Å². The van der Waals surface area contributed by atoms with E-state index in [2.05, 4.69) is 28.9 Å². The maximum absolute atomic E-state index is 11.2. The molecule has 0 spiro atoms. The number of hydrogen-bond acceptors (Lipinski definition) is 13. The van der Waals surface area contributed by atoms with Crippen LogP contribution in [0.4, 0.5) is 9.59 Å². The van der Waals surface area contributed by atoms with E-state index in [0.717, 1.165) is 0 Å². The molecule has 38 heavy (non-hydrogen) atoms. The number of carbonyl (C=O) groups is 8. The molecule has 204 valence electrons. The van der Waals surface area contributed by atoms with Gasteiger partial charge in [-0.05, 0) is 0 Å². The van der Waals surface area contributed by atoms with Gasteiger partial charge in [-0.3, -0.25) is 43.3 Å². The molecule has 0 bridgehead atoms. The molecule has 0 aromatic carbocycles. The van der Waals surface area contributed by atoms with Gasteiger partial charge in [0.05, 0.1) is 0 Å². The van der Waals surface area contributed by atoms with Gasteiger partial charge < -0.3 is 19.5 Å². The first-order chi connectivity index (χ1) is 18.0. The second-order valence-electron chi connectivity index (χ2n) is 6.85. The summed E-state index contributed by atoms with van der Waals surface area (Å²) in [5.41, 5.74) is 0. The zero-order valence-corrected chi connectivity index (χ0v) is 19.7. The van der Waals surface area contributed by atoms with E-state index in [1.165, 1.54) is 0 Å². The third kappa shape index (κ3) is 9.87. The lowest BCUT2D eigenvalue weighted by atomic mass is 10.4. The summed E-state index contributed by atoms with van der Waals surface area (Å²) in [6, 6.07) is 0. The van der Waals surface area contributed by atoms with Crippen molar-refractivity contribution in [2.75, 3.05) is 26.3 Å². The van der Waals surface area contributed by atoms with Crippen LogP contribution in [0.25, 0.3) is 9.69 Å². The van der Waals surface area contributed by atoms with Crippen molar-refractivity contribution in [3.8, 4) is 0 Å². The molecule has 3 fully saturated rings. The fourth-order valence-electron chi connectivity index (χ4n) is 2.46. The number of carbonyl (C=O) groups excluding carboxylic acids is 8. The Bertz CT molecular complexity index is 973. The van der Waals surface area contributed by atoms with Gasteiger partial charge in [0.1, 0.15) is 6.61 Å². The van der Waals surface area contributed by atoms with Crippen LogP contribution in [0.2, 0.25) is 0 Å². The summed E-state index contributed by atoms with van der Waals surface area (Å²) in [5.74, 6) is -3.87. The zero-order valence-electron chi connectivity index (χ0n) is 19.7. The summed E-state index contributed by atoms with van der Waals surface area (Å²) < 4.78 is 4.42. The lowest BCUT2D eigenvalue weighted by Crippen LogP contribution is -2.37. The first-order valence-electron chi connectivity index (χ1n) is 10.6. The van der Waals surface area contributed by atoms with E-state index >= 15 is 0 Å². The first kappa shape index (κ1) is 30.9. The van der Waals surface area contributed by atoms with Crippen LogP contribution in [-0.2, 0) is 48.0 Å². The smallest absolute Gasteiger partial charge is 0.425 e. The number of nitrogens with zero attached hydrogens (tertiary/aromatic N) is 5. The minimum Gasteiger partial charge on any atom is -0.425 e. The molecule has 3 saturated heterocycles. The number of hydroxylamine groups is 6. The Hall–Kier alpha value is -5.10. The lowest BCUT2D eigenvalue weighted by Gasteiger charge is -2.15. The van der Waals surface area contributed by atoms with Gasteiger partial charge in [-0.15, -0.1) is 0 Å². The molecule has 3 heterocycles. The molecule has 1 N–H and O–H groups in total. The van der Waals surface area contributed by atoms with Crippen molar-refractivity contribution < 1.29 is 62.7 Å². The maximum Gasteiger partial charge on any atom is 0.560 e. The first-order valence-corrected chi connectivity index (χ1v) is 10.6. The van der Waals surface area contributed by atoms with Crippen molar-refractivity contribution in [1.82, 2.24) is 15.2 Å². The molecule has 3 aliphatic heterocycles. The largest absolute Gasteiger partial charge is 0.560 e. The molecular formula is C20H21N5O13. The quantitative estimate of drug-likeness (QED) is 0.191. The highest BCUT2D eigenvalue weighted by Crippen LogP contribution is 2.16. The summed E-state index contributed by atoms with van der Waals surface area (Å²) in [6.07, 6.45) is -2.81. The fourth-order valence-corrected chi connectivity index (χ4v) is 2.46. The highest BCUT2D eigenvalue weighted by molar-refractivity contribution is 6.03. The number of aliphatic hydroxyl groups excluding tert-OH is 1. The van der Waals surface area contributed by atoms with Gasteiger partial charge in [0.2, 0.25) is 13.1 Å². The fraction of sp³-hybridized carbons (Fsp3) is 0.500. The third-order valence-electron chi connectivity index (χ3n) is 4.15. The predicted octanol–water partition coefficient (Wildman–Crippen LogP) is -0.712. The number of hydrogen-bond donors (Lipinski definition) is 1. The van der Waals surface area contributed by atoms with Gasteiger partial charge >= 0.3 is 12.3 Å². The molecule has 18 heteroatoms. The van der Waals surface area contributed by atoms with Gasteiger partial charge in [-0.2, -0.15) is 4.79 Å². The molecule has 6 amide bonds. The van der Waals surface area contributed by atoms with Crippen LogP contribution >= 0.6 is 0 Å². The molecule has 0 radical (unpaired) electrons. The SMILES string of the molecule is O=C(ON1C(=O)CCC1=O)ON1C(=O)CCC1=O.[C-]#[N+]CCO.[C-]#[N+]CCOC(=O)ON1C(=O)CCC1=O. The maximum atomic E-state index is 11.2. The number of aliphatic hydroxyl groups is 1. The van der Waals surface area contributed by atoms with Crippen molar-refractivity contribution in [3.63, 3.8) is 0 Å². The van der Waals surface area contributed by atoms with Crippen LogP contribution < -0.4 is 0 Å². The Kier molecular flexibility index (Phi) is 12.9. The minimum atomic E-state index is -1.48. The van der Waals surface area contributed by atoms with E-state index < -0.39 is 47.8 Å². The monoisotopic (exact) mass is 539 g/mol. The van der Waals surface area contributed by atoms with Crippen LogP contribution in [0.5, 0.6) is 0 Å². The van der Waals surface area contributed by atoms with E-state index in [9.17, 15) is 38.4 Å². The Morgan fingerprint density at radius 2 is 0.947 bits per heavy atom. The van der Waals surface area contributed by atoms with E-state index in [-0.39, 0.29) is 75.0 Å². The second-order valence-corrected chi connectivity index (χ2v) is 6.85. The molecule has 0 saturated carbocycles. The normalized spacial score (nSPS) is 16.1. The number of imide groups is 3. The molecule has 3 aliphatic rings. The Labute approximate surface area is 214 Å². The molecule has 0 atom stereocenters. The number of rotatable bonds is 6. The van der Waals surface area contributed by atoms with Crippen LogP contribution in [0, 0.1) is 13.1 Å². The van der Waals surface area contributed by atoms with Crippen LogP contribution in [0.15, 0.2) is 0 Å². The molecule has 3 rings (SSSR count). The van der Waals surface area contributed by atoms with Crippen molar-refractivity contribution in [3.05, 3.63) is 22.8 Å². The molecule has 0 aromatic rings. The Balaban J connectivity index is 0.000000327. The highest BCUT2D eigenvalue weighted by atomic mass is 16.9. The average molecular weight is 539 g/mol. The van der Waals surface area contributed by atoms with Crippen molar-refractivity contribution in [1.29, 1.82) is 0 Å². The van der Waals surface area contributed by atoms with Gasteiger partial charge in [-0.1, -0.05) is 15.2 Å². The molecule has 18 nitrogen and oxygen atoms in total. The van der Waals surface area contributed by atoms with Crippen molar-refractivity contribution in [2.24, 2.45) is 0 Å². The molecule has 0 aliphatic carbocycles. The highest BCUT2D eigenvalue weighted by Gasteiger charge is 2.37. The molecule has 0 unspecified atom stereocenters. The van der Waals surface area contributed by atoms with E-state index in [1.54, 1.807) is 0 Å². The second kappa shape index (κ2) is 15.8. The summed E-state index contributed by atoms with van der Waals surface area (Å²) in [5, 5.41) is 8.76. The summed E-state index contributed by atoms with van der Waals surface area (Å²) in [6.45, 7) is 12.6. The average Bonchev–Trinajstić information content (AvgIpc) is 3.49. The number of ether oxygens (including phenoxy) is 1. The summed E-state index contributed by atoms with van der Waals surface area (Å²) >= 11 is 0. The topological polar surface area (TPSA) is 212 Å². The molecule has 0 aromatic heterocycles. The Morgan fingerprint density at radius 1 is 0.632 bits per heavy atom. The summed E-state index contributed by atoms with van der Waals surface area (Å²) in [7, 11) is 0. The standard InChI is InChI=1S/C9H8N2O7.C8H8N2O5.C3H5NO/c12-5-1-2-6(13)10(5)17-9(16)18-11-7(14)3-4-8(11)15;1-9-4-5-14-8(13)15-10-6(11)2-3-7(10)12;1-4-2-3-5/h1-4H2;2-5H2;5H,2-3H2. The molecular weight excluding hydrogens is 518 g/mol. The Morgan fingerprint density at radius 3 is 1.21 bits per heavy atom. The van der Waals surface area contributed by atoms with E-state index in [1.807, 2.05) is 0 Å².